The second-order valence-electron chi connectivity index (χ2n) is 8.48. The van der Waals surface area contributed by atoms with Crippen LogP contribution in [0.2, 0.25) is 0 Å². The fraction of sp³-hybridized carbons (Fsp3) is 0.200. The average molecular weight is 410 g/mol. The molecule has 0 spiro atoms. The minimum Gasteiger partial charge on any atom is -0.274 e. The van der Waals surface area contributed by atoms with Crippen LogP contribution in [0.5, 0.6) is 0 Å². The van der Waals surface area contributed by atoms with E-state index in [0.29, 0.717) is 16.8 Å². The molecule has 1 fully saturated rings. The number of carbonyl (C=O) groups is 2. The van der Waals surface area contributed by atoms with Crippen molar-refractivity contribution in [1.29, 1.82) is 0 Å². The summed E-state index contributed by atoms with van der Waals surface area (Å²) in [6.07, 6.45) is 0. The lowest BCUT2D eigenvalue weighted by molar-refractivity contribution is -0.578. The van der Waals surface area contributed by atoms with Crippen LogP contribution < -0.4 is 4.90 Å². The highest BCUT2D eigenvalue weighted by atomic mass is 16.6. The van der Waals surface area contributed by atoms with E-state index < -0.39 is 23.3 Å². The van der Waals surface area contributed by atoms with Crippen molar-refractivity contribution in [1.82, 2.24) is 0 Å². The van der Waals surface area contributed by atoms with Crippen molar-refractivity contribution in [3.8, 4) is 0 Å². The molecule has 3 aliphatic carbocycles. The van der Waals surface area contributed by atoms with Crippen LogP contribution in [0.3, 0.4) is 0 Å². The number of hydrogen-bond acceptors (Lipinski definition) is 4. The van der Waals surface area contributed by atoms with E-state index in [1.54, 1.807) is 36.4 Å². The van der Waals surface area contributed by atoms with E-state index in [2.05, 4.69) is 0 Å². The molecular weight excluding hydrogens is 392 g/mol. The molecule has 1 aliphatic heterocycles. The summed E-state index contributed by atoms with van der Waals surface area (Å²) in [4.78, 5) is 41.3. The van der Waals surface area contributed by atoms with Gasteiger partial charge < -0.3 is 0 Å². The van der Waals surface area contributed by atoms with Crippen LogP contribution >= 0.6 is 0 Å². The number of carbonyl (C=O) groups excluding carboxylic acids is 2. The second-order valence-corrected chi connectivity index (χ2v) is 8.48. The van der Waals surface area contributed by atoms with E-state index in [0.717, 1.165) is 16.7 Å². The summed E-state index contributed by atoms with van der Waals surface area (Å²) in [5.74, 6) is -3.11. The van der Waals surface area contributed by atoms with Gasteiger partial charge in [-0.25, -0.2) is 4.90 Å². The zero-order valence-electron chi connectivity index (χ0n) is 16.7. The smallest absolute Gasteiger partial charge is 0.274 e. The van der Waals surface area contributed by atoms with Crippen LogP contribution in [0.4, 0.5) is 5.69 Å². The molecule has 31 heavy (non-hydrogen) atoms. The molecular formula is C25H18N2O4. The van der Waals surface area contributed by atoms with Crippen molar-refractivity contribution >= 4 is 17.5 Å². The number of rotatable bonds is 2. The van der Waals surface area contributed by atoms with E-state index in [4.69, 9.17) is 0 Å². The maximum Gasteiger partial charge on any atom is 0.285 e. The predicted molar refractivity (Wildman–Crippen MR) is 113 cm³/mol. The Morgan fingerprint density at radius 1 is 0.839 bits per heavy atom. The van der Waals surface area contributed by atoms with Gasteiger partial charge in [0.2, 0.25) is 11.8 Å². The van der Waals surface area contributed by atoms with Gasteiger partial charge >= 0.3 is 0 Å². The van der Waals surface area contributed by atoms with Crippen molar-refractivity contribution in [3.05, 3.63) is 111 Å². The minimum absolute atomic E-state index is 0.343. The third kappa shape index (κ3) is 1.93. The fourth-order valence-electron chi connectivity index (χ4n) is 6.09. The van der Waals surface area contributed by atoms with Gasteiger partial charge in [0, 0.05) is 22.0 Å². The lowest BCUT2D eigenvalue weighted by Gasteiger charge is -2.48. The van der Waals surface area contributed by atoms with Crippen LogP contribution in [0.1, 0.15) is 33.7 Å². The van der Waals surface area contributed by atoms with Crippen molar-refractivity contribution in [3.63, 3.8) is 0 Å². The lowest BCUT2D eigenvalue weighted by Crippen LogP contribution is -2.57. The molecule has 7 rings (SSSR count). The largest absolute Gasteiger partial charge is 0.285 e. The maximum atomic E-state index is 13.8. The van der Waals surface area contributed by atoms with Gasteiger partial charge in [-0.05, 0) is 29.7 Å². The SMILES string of the molecule is Cc1ccccc1N1C(=O)[C@H]2C3c4ccccc4C([N+](=O)[O-])(c4ccccc43)[C@H]2C1=O. The molecule has 0 saturated carbocycles. The number of aryl methyl sites for hydroxylation is 1. The van der Waals surface area contributed by atoms with Crippen molar-refractivity contribution in [2.45, 2.75) is 18.4 Å². The van der Waals surface area contributed by atoms with Crippen LogP contribution in [-0.2, 0) is 15.1 Å². The van der Waals surface area contributed by atoms with E-state index >= 15 is 0 Å². The number of imide groups is 1. The van der Waals surface area contributed by atoms with Crippen LogP contribution in [-0.4, -0.2) is 16.7 Å². The molecule has 2 bridgehead atoms. The van der Waals surface area contributed by atoms with Crippen molar-refractivity contribution in [2.24, 2.45) is 11.8 Å². The number of amides is 2. The van der Waals surface area contributed by atoms with Gasteiger partial charge in [0.25, 0.3) is 5.54 Å². The average Bonchev–Trinajstić information content (AvgIpc) is 3.05. The molecule has 0 N–H and O–H groups in total. The topological polar surface area (TPSA) is 80.5 Å². The zero-order valence-corrected chi connectivity index (χ0v) is 16.7. The van der Waals surface area contributed by atoms with Crippen LogP contribution in [0, 0.1) is 28.9 Å². The Hall–Kier alpha value is -3.80. The summed E-state index contributed by atoms with van der Waals surface area (Å²) in [5, 5.41) is 12.9. The monoisotopic (exact) mass is 410 g/mol. The highest BCUT2D eigenvalue weighted by molar-refractivity contribution is 6.24. The first-order valence-corrected chi connectivity index (χ1v) is 10.3. The Morgan fingerprint density at radius 3 is 1.97 bits per heavy atom. The molecule has 2 atom stereocenters. The number of benzene rings is 3. The quantitative estimate of drug-likeness (QED) is 0.366. The van der Waals surface area contributed by atoms with Crippen molar-refractivity contribution in [2.75, 3.05) is 4.90 Å². The molecule has 3 aromatic carbocycles. The van der Waals surface area contributed by atoms with Gasteiger partial charge in [0.1, 0.15) is 5.92 Å². The normalized spacial score (nSPS) is 27.6. The van der Waals surface area contributed by atoms with E-state index in [-0.39, 0.29) is 16.7 Å². The zero-order chi connectivity index (χ0) is 21.5. The van der Waals surface area contributed by atoms with E-state index in [1.807, 2.05) is 43.3 Å². The lowest BCUT2D eigenvalue weighted by atomic mass is 9.51. The molecule has 4 aliphatic rings. The number of hydrogen-bond donors (Lipinski definition) is 0. The third-order valence-electron chi connectivity index (χ3n) is 7.22. The highest BCUT2D eigenvalue weighted by Gasteiger charge is 2.74. The number of nitro groups is 1. The van der Waals surface area contributed by atoms with Gasteiger partial charge in [-0.2, -0.15) is 0 Å². The number of anilines is 1. The standard InChI is InChI=1S/C25H18N2O4/c1-14-8-2-7-13-19(14)26-23(28)21-20-15-9-3-5-11-17(15)25(27(30)31,22(21)24(26)29)18-12-6-4-10-16(18)20/h2-13,20-22H,1H3/t20?,21-,22+,25?/m0/s1. The summed E-state index contributed by atoms with van der Waals surface area (Å²) in [7, 11) is 0. The Morgan fingerprint density at radius 2 is 1.39 bits per heavy atom. The van der Waals surface area contributed by atoms with Gasteiger partial charge in [-0.3, -0.25) is 19.7 Å². The minimum atomic E-state index is -1.78. The first kappa shape index (κ1) is 18.0. The Labute approximate surface area is 178 Å². The Kier molecular flexibility index (Phi) is 3.41. The van der Waals surface area contributed by atoms with Crippen molar-refractivity contribution < 1.29 is 14.5 Å². The Bertz CT molecular complexity index is 1270. The first-order chi connectivity index (χ1) is 15.0. The van der Waals surface area contributed by atoms with Gasteiger partial charge in [0.05, 0.1) is 11.6 Å². The second kappa shape index (κ2) is 5.88. The molecule has 3 aromatic rings. The molecule has 152 valence electrons. The summed E-state index contributed by atoms with van der Waals surface area (Å²) in [6.45, 7) is 1.83. The maximum absolute atomic E-state index is 13.8. The molecule has 6 heteroatoms. The molecule has 1 saturated heterocycles. The van der Waals surface area contributed by atoms with E-state index in [9.17, 15) is 19.7 Å². The van der Waals surface area contributed by atoms with Crippen LogP contribution in [0.25, 0.3) is 0 Å². The molecule has 1 heterocycles. The fourth-order valence-corrected chi connectivity index (χ4v) is 6.09. The predicted octanol–water partition coefficient (Wildman–Crippen LogP) is 3.78. The molecule has 0 aromatic heterocycles. The Balaban J connectivity index is 1.69. The highest BCUT2D eigenvalue weighted by Crippen LogP contribution is 2.64. The summed E-state index contributed by atoms with van der Waals surface area (Å²) in [5.41, 5.74) is 2.09. The summed E-state index contributed by atoms with van der Waals surface area (Å²) < 4.78 is 0. The molecule has 6 nitrogen and oxygen atoms in total. The van der Waals surface area contributed by atoms with Gasteiger partial charge in [0.15, 0.2) is 0 Å². The molecule has 2 amide bonds. The number of nitrogens with zero attached hydrogens (tertiary/aromatic N) is 2. The van der Waals surface area contributed by atoms with Gasteiger partial charge in [-0.1, -0.05) is 66.7 Å². The third-order valence-corrected chi connectivity index (χ3v) is 7.22. The van der Waals surface area contributed by atoms with Gasteiger partial charge in [-0.15, -0.1) is 0 Å². The van der Waals surface area contributed by atoms with Crippen LogP contribution in [0.15, 0.2) is 72.8 Å². The number of para-hydroxylation sites is 1. The molecule has 0 radical (unpaired) electrons. The summed E-state index contributed by atoms with van der Waals surface area (Å²) in [6, 6.07) is 21.6. The summed E-state index contributed by atoms with van der Waals surface area (Å²) >= 11 is 0. The molecule has 0 unspecified atom stereocenters. The van der Waals surface area contributed by atoms with E-state index in [1.165, 1.54) is 4.90 Å². The first-order valence-electron chi connectivity index (χ1n) is 10.3.